The second-order valence-electron chi connectivity index (χ2n) is 5.72. The molecule has 4 heteroatoms. The number of aromatic nitrogens is 1. The van der Waals surface area contributed by atoms with Crippen LogP contribution in [0, 0.1) is 5.92 Å². The Kier molecular flexibility index (Phi) is 2.80. The van der Waals surface area contributed by atoms with E-state index in [0.29, 0.717) is 17.6 Å². The highest BCUT2D eigenvalue weighted by Gasteiger charge is 2.38. The van der Waals surface area contributed by atoms with E-state index in [1.807, 2.05) is 26.0 Å². The lowest BCUT2D eigenvalue weighted by Gasteiger charge is -2.28. The Morgan fingerprint density at radius 3 is 2.83 bits per heavy atom. The van der Waals surface area contributed by atoms with Gasteiger partial charge in [0.25, 0.3) is 0 Å². The molecule has 0 spiro atoms. The summed E-state index contributed by atoms with van der Waals surface area (Å²) in [7, 11) is 0. The van der Waals surface area contributed by atoms with E-state index in [4.69, 9.17) is 10.5 Å². The van der Waals surface area contributed by atoms with Gasteiger partial charge in [-0.15, -0.1) is 0 Å². The molecule has 1 aromatic rings. The van der Waals surface area contributed by atoms with E-state index in [0.717, 1.165) is 18.3 Å². The molecule has 2 fully saturated rings. The molecule has 1 saturated heterocycles. The molecule has 1 aliphatic carbocycles. The third kappa shape index (κ3) is 2.00. The summed E-state index contributed by atoms with van der Waals surface area (Å²) in [6, 6.07) is 4.60. The summed E-state index contributed by atoms with van der Waals surface area (Å²) in [5, 5.41) is 0. The normalized spacial score (nSPS) is 26.1. The number of hydrogen-bond acceptors (Lipinski definition) is 4. The van der Waals surface area contributed by atoms with Gasteiger partial charge in [0.05, 0.1) is 11.8 Å². The van der Waals surface area contributed by atoms with Gasteiger partial charge in [-0.25, -0.2) is 0 Å². The zero-order valence-electron chi connectivity index (χ0n) is 11.1. The number of ether oxygens (including phenoxy) is 1. The van der Waals surface area contributed by atoms with Gasteiger partial charge in [0.2, 0.25) is 5.88 Å². The van der Waals surface area contributed by atoms with Crippen LogP contribution in [-0.4, -0.2) is 23.7 Å². The standard InChI is InChI=1S/C14H21N3O/c1-9(2)18-14-12(15)5-6-13(16-14)17-8-10-3-4-11(17)7-10/h5-6,9-11H,3-4,7-8,15H2,1-2H3. The van der Waals surface area contributed by atoms with Crippen LogP contribution in [-0.2, 0) is 0 Å². The molecule has 2 aliphatic rings. The Morgan fingerprint density at radius 1 is 1.39 bits per heavy atom. The van der Waals surface area contributed by atoms with Crippen molar-refractivity contribution >= 4 is 11.5 Å². The molecule has 18 heavy (non-hydrogen) atoms. The molecule has 2 bridgehead atoms. The van der Waals surface area contributed by atoms with Crippen molar-refractivity contribution in [3.63, 3.8) is 0 Å². The second-order valence-corrected chi connectivity index (χ2v) is 5.72. The van der Waals surface area contributed by atoms with Crippen molar-refractivity contribution in [3.05, 3.63) is 12.1 Å². The zero-order valence-corrected chi connectivity index (χ0v) is 11.1. The van der Waals surface area contributed by atoms with E-state index in [1.165, 1.54) is 19.3 Å². The summed E-state index contributed by atoms with van der Waals surface area (Å²) >= 11 is 0. The van der Waals surface area contributed by atoms with Gasteiger partial charge in [0.15, 0.2) is 0 Å². The fraction of sp³-hybridized carbons (Fsp3) is 0.643. The fourth-order valence-corrected chi connectivity index (χ4v) is 3.12. The van der Waals surface area contributed by atoms with Gasteiger partial charge in [-0.1, -0.05) is 0 Å². The summed E-state index contributed by atoms with van der Waals surface area (Å²) in [5.41, 5.74) is 6.53. The first-order valence-corrected chi connectivity index (χ1v) is 6.83. The summed E-state index contributed by atoms with van der Waals surface area (Å²) in [6.45, 7) is 5.12. The number of nitrogen functional groups attached to an aromatic ring is 1. The minimum absolute atomic E-state index is 0.102. The predicted molar refractivity (Wildman–Crippen MR) is 72.9 cm³/mol. The Bertz CT molecular complexity index is 447. The molecule has 1 aliphatic heterocycles. The highest BCUT2D eigenvalue weighted by molar-refractivity contribution is 5.55. The predicted octanol–water partition coefficient (Wildman–Crippen LogP) is 2.44. The van der Waals surface area contributed by atoms with Crippen LogP contribution in [0.5, 0.6) is 5.88 Å². The maximum absolute atomic E-state index is 5.91. The van der Waals surface area contributed by atoms with Gasteiger partial charge in [0.1, 0.15) is 5.82 Å². The average Bonchev–Trinajstić information content (AvgIpc) is 2.93. The number of nitrogens with two attached hydrogens (primary N) is 1. The van der Waals surface area contributed by atoms with Gasteiger partial charge in [0, 0.05) is 12.6 Å². The summed E-state index contributed by atoms with van der Waals surface area (Å²) in [6.07, 6.45) is 4.11. The monoisotopic (exact) mass is 247 g/mol. The first-order chi connectivity index (χ1) is 8.63. The number of anilines is 2. The summed E-state index contributed by atoms with van der Waals surface area (Å²) in [5.74, 6) is 2.46. The molecule has 2 atom stereocenters. The second kappa shape index (κ2) is 4.34. The molecule has 1 aromatic heterocycles. The molecule has 2 N–H and O–H groups in total. The van der Waals surface area contributed by atoms with Crippen molar-refractivity contribution in [2.45, 2.75) is 45.3 Å². The summed E-state index contributed by atoms with van der Waals surface area (Å²) < 4.78 is 5.66. The van der Waals surface area contributed by atoms with E-state index in [9.17, 15) is 0 Å². The van der Waals surface area contributed by atoms with Gasteiger partial charge < -0.3 is 15.4 Å². The Labute approximate surface area is 108 Å². The van der Waals surface area contributed by atoms with Crippen LogP contribution in [0.4, 0.5) is 11.5 Å². The molecule has 2 unspecified atom stereocenters. The lowest BCUT2D eigenvalue weighted by Crippen LogP contribution is -2.32. The highest BCUT2D eigenvalue weighted by Crippen LogP contribution is 2.40. The fourth-order valence-electron chi connectivity index (χ4n) is 3.12. The Morgan fingerprint density at radius 2 is 2.22 bits per heavy atom. The van der Waals surface area contributed by atoms with Crippen molar-refractivity contribution in [2.24, 2.45) is 5.92 Å². The lowest BCUT2D eigenvalue weighted by atomic mass is 10.1. The molecule has 98 valence electrons. The van der Waals surface area contributed by atoms with E-state index in [1.54, 1.807) is 0 Å². The van der Waals surface area contributed by atoms with E-state index < -0.39 is 0 Å². The molecular weight excluding hydrogens is 226 g/mol. The van der Waals surface area contributed by atoms with Crippen LogP contribution in [0.3, 0.4) is 0 Å². The Hall–Kier alpha value is -1.45. The van der Waals surface area contributed by atoms with Crippen LogP contribution in [0.1, 0.15) is 33.1 Å². The van der Waals surface area contributed by atoms with E-state index in [2.05, 4.69) is 9.88 Å². The number of hydrogen-bond donors (Lipinski definition) is 1. The van der Waals surface area contributed by atoms with Gasteiger partial charge >= 0.3 is 0 Å². The van der Waals surface area contributed by atoms with Crippen LogP contribution in [0.15, 0.2) is 12.1 Å². The van der Waals surface area contributed by atoms with E-state index >= 15 is 0 Å². The first kappa shape index (κ1) is 11.6. The average molecular weight is 247 g/mol. The molecular formula is C14H21N3O. The number of pyridine rings is 1. The number of rotatable bonds is 3. The van der Waals surface area contributed by atoms with Crippen molar-refractivity contribution < 1.29 is 4.74 Å². The van der Waals surface area contributed by atoms with Crippen LogP contribution in [0.25, 0.3) is 0 Å². The SMILES string of the molecule is CC(C)Oc1nc(N2CC3CCC2C3)ccc1N. The molecule has 1 saturated carbocycles. The third-order valence-electron chi connectivity index (χ3n) is 3.93. The molecule has 4 nitrogen and oxygen atoms in total. The van der Waals surface area contributed by atoms with Gasteiger partial charge in [-0.2, -0.15) is 4.98 Å². The largest absolute Gasteiger partial charge is 0.473 e. The Balaban J connectivity index is 1.84. The zero-order chi connectivity index (χ0) is 12.7. The minimum atomic E-state index is 0.102. The molecule has 0 amide bonds. The lowest BCUT2D eigenvalue weighted by molar-refractivity contribution is 0.234. The number of nitrogens with zero attached hydrogens (tertiary/aromatic N) is 2. The van der Waals surface area contributed by atoms with Crippen molar-refractivity contribution in [1.82, 2.24) is 4.98 Å². The summed E-state index contributed by atoms with van der Waals surface area (Å²) in [4.78, 5) is 7.01. The van der Waals surface area contributed by atoms with Crippen LogP contribution >= 0.6 is 0 Å². The van der Waals surface area contributed by atoms with Crippen molar-refractivity contribution in [1.29, 1.82) is 0 Å². The third-order valence-corrected chi connectivity index (χ3v) is 3.93. The van der Waals surface area contributed by atoms with E-state index in [-0.39, 0.29) is 6.10 Å². The smallest absolute Gasteiger partial charge is 0.239 e. The highest BCUT2D eigenvalue weighted by atomic mass is 16.5. The quantitative estimate of drug-likeness (QED) is 0.891. The maximum atomic E-state index is 5.91. The van der Waals surface area contributed by atoms with Crippen molar-refractivity contribution in [2.75, 3.05) is 17.2 Å². The molecule has 2 heterocycles. The van der Waals surface area contributed by atoms with Crippen LogP contribution < -0.4 is 15.4 Å². The first-order valence-electron chi connectivity index (χ1n) is 6.83. The molecule has 3 rings (SSSR count). The van der Waals surface area contributed by atoms with Gasteiger partial charge in [-0.05, 0) is 51.2 Å². The van der Waals surface area contributed by atoms with Gasteiger partial charge in [-0.3, -0.25) is 0 Å². The van der Waals surface area contributed by atoms with Crippen molar-refractivity contribution in [3.8, 4) is 5.88 Å². The minimum Gasteiger partial charge on any atom is -0.473 e. The molecule has 0 radical (unpaired) electrons. The number of fused-ring (bicyclic) bond motifs is 2. The number of piperidine rings is 1. The molecule has 0 aromatic carbocycles. The van der Waals surface area contributed by atoms with Crippen LogP contribution in [0.2, 0.25) is 0 Å². The maximum Gasteiger partial charge on any atom is 0.239 e. The topological polar surface area (TPSA) is 51.4 Å².